The molecule has 178 valence electrons. The van der Waals surface area contributed by atoms with Gasteiger partial charge in [0.2, 0.25) is 11.8 Å². The molecule has 0 fully saturated rings. The fourth-order valence-corrected chi connectivity index (χ4v) is 4.34. The summed E-state index contributed by atoms with van der Waals surface area (Å²) in [7, 11) is 0. The van der Waals surface area contributed by atoms with Gasteiger partial charge in [0.1, 0.15) is 11.9 Å². The SMILES string of the molecule is CC(C)CNC(=O)[C@H](Cc1ccccc1)N(Cc1ccccc1F)C(=O)CSc1ccccc1. The Morgan fingerprint density at radius 1 is 0.912 bits per heavy atom. The molecule has 0 aliphatic heterocycles. The highest BCUT2D eigenvalue weighted by Crippen LogP contribution is 2.21. The summed E-state index contributed by atoms with van der Waals surface area (Å²) in [6, 6.07) is 24.9. The number of rotatable bonds is 11. The Kier molecular flexibility index (Phi) is 9.71. The van der Waals surface area contributed by atoms with Gasteiger partial charge in [0.15, 0.2) is 0 Å². The van der Waals surface area contributed by atoms with E-state index in [0.717, 1.165) is 10.5 Å². The monoisotopic (exact) mass is 478 g/mol. The second-order valence-corrected chi connectivity index (χ2v) is 9.61. The van der Waals surface area contributed by atoms with E-state index in [2.05, 4.69) is 5.32 Å². The van der Waals surface area contributed by atoms with Crippen molar-refractivity contribution in [2.24, 2.45) is 5.92 Å². The molecule has 0 saturated heterocycles. The van der Waals surface area contributed by atoms with E-state index in [1.165, 1.54) is 22.7 Å². The van der Waals surface area contributed by atoms with Crippen LogP contribution in [0.2, 0.25) is 0 Å². The Morgan fingerprint density at radius 2 is 1.53 bits per heavy atom. The summed E-state index contributed by atoms with van der Waals surface area (Å²) in [4.78, 5) is 29.3. The van der Waals surface area contributed by atoms with Crippen LogP contribution < -0.4 is 5.32 Å². The molecule has 3 rings (SSSR count). The lowest BCUT2D eigenvalue weighted by molar-refractivity contribution is -0.139. The Hall–Kier alpha value is -3.12. The lowest BCUT2D eigenvalue weighted by Gasteiger charge is -2.32. The summed E-state index contributed by atoms with van der Waals surface area (Å²) in [5.74, 6) is -0.409. The number of carbonyl (C=O) groups excluding carboxylic acids is 2. The maximum atomic E-state index is 14.6. The molecule has 0 heterocycles. The zero-order valence-corrected chi connectivity index (χ0v) is 20.4. The van der Waals surface area contributed by atoms with Crippen LogP contribution in [0.5, 0.6) is 0 Å². The molecule has 0 aliphatic rings. The summed E-state index contributed by atoms with van der Waals surface area (Å²) in [5.41, 5.74) is 1.32. The van der Waals surface area contributed by atoms with Crippen LogP contribution in [0.15, 0.2) is 89.8 Å². The minimum absolute atomic E-state index is 0.0213. The highest BCUT2D eigenvalue weighted by atomic mass is 32.2. The predicted octanol–water partition coefficient (Wildman–Crippen LogP) is 5.33. The summed E-state index contributed by atoms with van der Waals surface area (Å²) < 4.78 is 14.6. The molecule has 34 heavy (non-hydrogen) atoms. The quantitative estimate of drug-likeness (QED) is 0.379. The van der Waals surface area contributed by atoms with Crippen LogP contribution in [0.25, 0.3) is 0 Å². The summed E-state index contributed by atoms with van der Waals surface area (Å²) in [5, 5.41) is 2.98. The van der Waals surface area contributed by atoms with Crippen LogP contribution >= 0.6 is 11.8 Å². The van der Waals surface area contributed by atoms with Crippen LogP contribution in [-0.4, -0.2) is 35.1 Å². The number of halogens is 1. The fourth-order valence-electron chi connectivity index (χ4n) is 3.53. The molecule has 0 saturated carbocycles. The second-order valence-electron chi connectivity index (χ2n) is 8.56. The number of nitrogens with one attached hydrogen (secondary N) is 1. The normalized spacial score (nSPS) is 11.8. The third kappa shape index (κ3) is 7.73. The highest BCUT2D eigenvalue weighted by Gasteiger charge is 2.31. The average molecular weight is 479 g/mol. The van der Waals surface area contributed by atoms with Crippen molar-refractivity contribution in [3.05, 3.63) is 102 Å². The van der Waals surface area contributed by atoms with Gasteiger partial charge in [-0.1, -0.05) is 80.6 Å². The van der Waals surface area contributed by atoms with E-state index < -0.39 is 11.9 Å². The molecule has 0 aromatic heterocycles. The first-order chi connectivity index (χ1) is 16.4. The molecule has 0 aliphatic carbocycles. The minimum atomic E-state index is -0.760. The Morgan fingerprint density at radius 3 is 2.18 bits per heavy atom. The first-order valence-electron chi connectivity index (χ1n) is 11.5. The number of carbonyl (C=O) groups is 2. The Balaban J connectivity index is 1.90. The van der Waals surface area contributed by atoms with Crippen LogP contribution in [0, 0.1) is 11.7 Å². The molecule has 6 heteroatoms. The lowest BCUT2D eigenvalue weighted by atomic mass is 10.0. The van der Waals surface area contributed by atoms with E-state index in [1.54, 1.807) is 18.2 Å². The number of amides is 2. The van der Waals surface area contributed by atoms with Crippen molar-refractivity contribution in [1.29, 1.82) is 0 Å². The molecule has 4 nitrogen and oxygen atoms in total. The van der Waals surface area contributed by atoms with Crippen LogP contribution in [0.3, 0.4) is 0 Å². The number of hydrogen-bond acceptors (Lipinski definition) is 3. The van der Waals surface area contributed by atoms with Crippen molar-refractivity contribution >= 4 is 23.6 Å². The maximum Gasteiger partial charge on any atom is 0.243 e. The molecule has 0 bridgehead atoms. The molecule has 2 amide bonds. The second kappa shape index (κ2) is 12.9. The van der Waals surface area contributed by atoms with Gasteiger partial charge < -0.3 is 10.2 Å². The van der Waals surface area contributed by atoms with E-state index in [4.69, 9.17) is 0 Å². The summed E-state index contributed by atoms with van der Waals surface area (Å²) in [6.45, 7) is 4.56. The molecular weight excluding hydrogens is 447 g/mol. The molecule has 0 spiro atoms. The minimum Gasteiger partial charge on any atom is -0.354 e. The van der Waals surface area contributed by atoms with E-state index in [9.17, 15) is 14.0 Å². The zero-order valence-electron chi connectivity index (χ0n) is 19.6. The maximum absolute atomic E-state index is 14.6. The van der Waals surface area contributed by atoms with E-state index in [0.29, 0.717) is 18.5 Å². The van der Waals surface area contributed by atoms with Crippen molar-refractivity contribution in [2.45, 2.75) is 37.8 Å². The Labute approximate surface area is 205 Å². The van der Waals surface area contributed by atoms with Crippen molar-refractivity contribution < 1.29 is 14.0 Å². The first-order valence-corrected chi connectivity index (χ1v) is 12.4. The number of thioether (sulfide) groups is 1. The summed E-state index contributed by atoms with van der Waals surface area (Å²) >= 11 is 1.41. The van der Waals surface area contributed by atoms with Gasteiger partial charge in [0.25, 0.3) is 0 Å². The first kappa shape index (κ1) is 25.5. The van der Waals surface area contributed by atoms with Gasteiger partial charge in [0, 0.05) is 30.0 Å². The van der Waals surface area contributed by atoms with Gasteiger partial charge in [-0.2, -0.15) is 0 Å². The zero-order chi connectivity index (χ0) is 24.3. The predicted molar refractivity (Wildman–Crippen MR) is 136 cm³/mol. The highest BCUT2D eigenvalue weighted by molar-refractivity contribution is 8.00. The lowest BCUT2D eigenvalue weighted by Crippen LogP contribution is -2.51. The van der Waals surface area contributed by atoms with Gasteiger partial charge in [-0.25, -0.2) is 4.39 Å². The van der Waals surface area contributed by atoms with Crippen LogP contribution in [-0.2, 0) is 22.6 Å². The number of benzene rings is 3. The van der Waals surface area contributed by atoms with Gasteiger partial charge >= 0.3 is 0 Å². The number of hydrogen-bond donors (Lipinski definition) is 1. The van der Waals surface area contributed by atoms with Crippen molar-refractivity contribution in [3.8, 4) is 0 Å². The van der Waals surface area contributed by atoms with Crippen LogP contribution in [0.1, 0.15) is 25.0 Å². The number of nitrogens with zero attached hydrogens (tertiary/aromatic N) is 1. The van der Waals surface area contributed by atoms with Gasteiger partial charge in [-0.3, -0.25) is 9.59 Å². The fraction of sp³-hybridized carbons (Fsp3) is 0.286. The molecule has 0 radical (unpaired) electrons. The third-order valence-corrected chi connectivity index (χ3v) is 6.36. The van der Waals surface area contributed by atoms with Crippen molar-refractivity contribution in [1.82, 2.24) is 10.2 Å². The molecule has 3 aromatic rings. The standard InChI is InChI=1S/C28H31FN2O2S/c1-21(2)18-30-28(33)26(17-22-11-5-3-6-12-22)31(19-23-13-9-10-16-25(23)29)27(32)20-34-24-14-7-4-8-15-24/h3-16,21,26H,17-20H2,1-2H3,(H,30,33)/t26-/m0/s1. The van der Waals surface area contributed by atoms with E-state index >= 15 is 0 Å². The molecule has 3 aromatic carbocycles. The molecule has 1 atom stereocenters. The van der Waals surface area contributed by atoms with Gasteiger partial charge in [-0.15, -0.1) is 11.8 Å². The largest absolute Gasteiger partial charge is 0.354 e. The molecular formula is C28H31FN2O2S. The van der Waals surface area contributed by atoms with Crippen molar-refractivity contribution in [2.75, 3.05) is 12.3 Å². The van der Waals surface area contributed by atoms with Gasteiger partial charge in [-0.05, 0) is 29.7 Å². The topological polar surface area (TPSA) is 49.4 Å². The van der Waals surface area contributed by atoms with Crippen molar-refractivity contribution in [3.63, 3.8) is 0 Å². The van der Waals surface area contributed by atoms with E-state index in [-0.39, 0.29) is 30.0 Å². The summed E-state index contributed by atoms with van der Waals surface area (Å²) in [6.07, 6.45) is 0.348. The molecule has 1 N–H and O–H groups in total. The van der Waals surface area contributed by atoms with E-state index in [1.807, 2.05) is 74.5 Å². The van der Waals surface area contributed by atoms with Gasteiger partial charge in [0.05, 0.1) is 5.75 Å². The molecule has 0 unspecified atom stereocenters. The smallest absolute Gasteiger partial charge is 0.243 e. The third-order valence-electron chi connectivity index (χ3n) is 5.36. The average Bonchev–Trinajstić information content (AvgIpc) is 2.85. The Bertz CT molecular complexity index is 1060. The van der Waals surface area contributed by atoms with Crippen LogP contribution in [0.4, 0.5) is 4.39 Å².